The van der Waals surface area contributed by atoms with Crippen molar-refractivity contribution in [3.05, 3.63) is 36.2 Å². The van der Waals surface area contributed by atoms with Gasteiger partial charge in [0.25, 0.3) is 0 Å². The van der Waals surface area contributed by atoms with Gasteiger partial charge < -0.3 is 20.3 Å². The van der Waals surface area contributed by atoms with Gasteiger partial charge in [0.2, 0.25) is 5.91 Å². The van der Waals surface area contributed by atoms with Gasteiger partial charge in [-0.05, 0) is 44.0 Å². The molecule has 2 N–H and O–H groups in total. The molecular weight excluding hydrogens is 354 g/mol. The summed E-state index contributed by atoms with van der Waals surface area (Å²) in [7, 11) is 0. The molecule has 0 atom stereocenters. The van der Waals surface area contributed by atoms with Crippen LogP contribution < -0.4 is 15.5 Å². The van der Waals surface area contributed by atoms with Crippen LogP contribution in [0.3, 0.4) is 0 Å². The van der Waals surface area contributed by atoms with Crippen molar-refractivity contribution in [2.45, 2.75) is 33.6 Å². The van der Waals surface area contributed by atoms with Crippen molar-refractivity contribution in [1.82, 2.24) is 9.97 Å². The van der Waals surface area contributed by atoms with E-state index < -0.39 is 0 Å². The number of ether oxygens (including phenoxy) is 1. The maximum atomic E-state index is 12.2. The lowest BCUT2D eigenvalue weighted by molar-refractivity contribution is -0.120. The third-order valence-corrected chi connectivity index (χ3v) is 4.94. The van der Waals surface area contributed by atoms with Crippen molar-refractivity contribution in [2.75, 3.05) is 41.8 Å². The molecule has 1 aromatic carbocycles. The SMILES string of the molecule is CCC(CC)C(=O)Nc1ccc(Nc2cc(N3CCOCC3)nc(C)n2)cc1. The fraction of sp³-hybridized carbons (Fsp3) is 0.476. The van der Waals surface area contributed by atoms with E-state index in [-0.39, 0.29) is 11.8 Å². The van der Waals surface area contributed by atoms with E-state index in [0.717, 1.165) is 68.0 Å². The molecule has 1 aliphatic rings. The lowest BCUT2D eigenvalue weighted by Gasteiger charge is -2.28. The van der Waals surface area contributed by atoms with Crippen molar-refractivity contribution >= 4 is 28.9 Å². The molecule has 0 unspecified atom stereocenters. The topological polar surface area (TPSA) is 79.4 Å². The molecule has 1 saturated heterocycles. The normalized spacial score (nSPS) is 14.2. The van der Waals surface area contributed by atoms with E-state index >= 15 is 0 Å². The summed E-state index contributed by atoms with van der Waals surface area (Å²) < 4.78 is 5.41. The second-order valence-corrected chi connectivity index (χ2v) is 6.96. The van der Waals surface area contributed by atoms with E-state index in [2.05, 4.69) is 25.5 Å². The molecule has 3 rings (SSSR count). The molecule has 0 saturated carbocycles. The molecule has 150 valence electrons. The second-order valence-electron chi connectivity index (χ2n) is 6.96. The summed E-state index contributed by atoms with van der Waals surface area (Å²) in [6, 6.07) is 9.64. The van der Waals surface area contributed by atoms with Crippen LogP contribution >= 0.6 is 0 Å². The van der Waals surface area contributed by atoms with Gasteiger partial charge in [-0.25, -0.2) is 9.97 Å². The van der Waals surface area contributed by atoms with Crippen LogP contribution in [0.15, 0.2) is 30.3 Å². The van der Waals surface area contributed by atoms with E-state index in [9.17, 15) is 4.79 Å². The smallest absolute Gasteiger partial charge is 0.227 e. The van der Waals surface area contributed by atoms with Crippen LogP contribution in [0.25, 0.3) is 0 Å². The molecule has 7 nitrogen and oxygen atoms in total. The summed E-state index contributed by atoms with van der Waals surface area (Å²) in [6.45, 7) is 9.07. The summed E-state index contributed by atoms with van der Waals surface area (Å²) in [5.74, 6) is 2.52. The van der Waals surface area contributed by atoms with Gasteiger partial charge in [0.05, 0.1) is 13.2 Å². The van der Waals surface area contributed by atoms with E-state index in [4.69, 9.17) is 4.74 Å². The summed E-state index contributed by atoms with van der Waals surface area (Å²) in [6.07, 6.45) is 1.70. The third-order valence-electron chi connectivity index (χ3n) is 4.94. The minimum absolute atomic E-state index is 0.0559. The van der Waals surface area contributed by atoms with Crippen LogP contribution in [0.5, 0.6) is 0 Å². The summed E-state index contributed by atoms with van der Waals surface area (Å²) in [5.41, 5.74) is 1.71. The van der Waals surface area contributed by atoms with E-state index in [1.807, 2.05) is 51.1 Å². The number of morpholine rings is 1. The highest BCUT2D eigenvalue weighted by Crippen LogP contribution is 2.22. The van der Waals surface area contributed by atoms with Gasteiger partial charge in [0.15, 0.2) is 0 Å². The Kier molecular flexibility index (Phi) is 6.81. The number of aryl methyl sites for hydroxylation is 1. The first-order chi connectivity index (χ1) is 13.6. The predicted octanol–water partition coefficient (Wildman–Crippen LogP) is 3.74. The average Bonchev–Trinajstić information content (AvgIpc) is 2.71. The maximum Gasteiger partial charge on any atom is 0.227 e. The average molecular weight is 383 g/mol. The summed E-state index contributed by atoms with van der Waals surface area (Å²) >= 11 is 0. The fourth-order valence-corrected chi connectivity index (χ4v) is 3.26. The fourth-order valence-electron chi connectivity index (χ4n) is 3.26. The Hall–Kier alpha value is -2.67. The summed E-state index contributed by atoms with van der Waals surface area (Å²) in [5, 5.41) is 6.31. The predicted molar refractivity (Wildman–Crippen MR) is 112 cm³/mol. The first-order valence-corrected chi connectivity index (χ1v) is 9.95. The van der Waals surface area contributed by atoms with Crippen LogP contribution in [0, 0.1) is 12.8 Å². The molecule has 1 aliphatic heterocycles. The van der Waals surface area contributed by atoms with Crippen LogP contribution in [-0.2, 0) is 9.53 Å². The Bertz CT molecular complexity index is 784. The zero-order chi connectivity index (χ0) is 19.9. The highest BCUT2D eigenvalue weighted by molar-refractivity contribution is 5.92. The molecule has 0 bridgehead atoms. The number of hydrogen-bond acceptors (Lipinski definition) is 6. The Morgan fingerprint density at radius 3 is 2.39 bits per heavy atom. The molecule has 1 fully saturated rings. The Morgan fingerprint density at radius 1 is 1.11 bits per heavy atom. The number of carbonyl (C=O) groups is 1. The minimum atomic E-state index is 0.0559. The van der Waals surface area contributed by atoms with Crippen LogP contribution in [0.4, 0.5) is 23.0 Å². The number of amides is 1. The van der Waals surface area contributed by atoms with E-state index in [1.54, 1.807) is 0 Å². The number of carbonyl (C=O) groups excluding carboxylic acids is 1. The monoisotopic (exact) mass is 383 g/mol. The third kappa shape index (κ3) is 5.19. The lowest BCUT2D eigenvalue weighted by atomic mass is 10.0. The van der Waals surface area contributed by atoms with Crippen LogP contribution in [-0.4, -0.2) is 42.2 Å². The van der Waals surface area contributed by atoms with Crippen molar-refractivity contribution < 1.29 is 9.53 Å². The first kappa shape index (κ1) is 20.1. The van der Waals surface area contributed by atoms with Crippen molar-refractivity contribution in [3.63, 3.8) is 0 Å². The molecule has 0 spiro atoms. The molecule has 2 aromatic rings. The Morgan fingerprint density at radius 2 is 1.75 bits per heavy atom. The highest BCUT2D eigenvalue weighted by atomic mass is 16.5. The summed E-state index contributed by atoms with van der Waals surface area (Å²) in [4.78, 5) is 23.5. The van der Waals surface area contributed by atoms with Gasteiger partial charge in [-0.2, -0.15) is 0 Å². The number of aromatic nitrogens is 2. The molecule has 28 heavy (non-hydrogen) atoms. The van der Waals surface area contributed by atoms with Crippen LogP contribution in [0.1, 0.15) is 32.5 Å². The maximum absolute atomic E-state index is 12.2. The minimum Gasteiger partial charge on any atom is -0.378 e. The van der Waals surface area contributed by atoms with Gasteiger partial charge in [-0.15, -0.1) is 0 Å². The zero-order valence-corrected chi connectivity index (χ0v) is 16.9. The lowest BCUT2D eigenvalue weighted by Crippen LogP contribution is -2.36. The standard InChI is InChI=1S/C21H29N5O2/c1-4-16(5-2)21(27)25-18-8-6-17(7-9-18)24-19-14-20(23-15(3)22-19)26-10-12-28-13-11-26/h6-9,14,16H,4-5,10-13H2,1-3H3,(H,25,27)(H,22,23,24). The zero-order valence-electron chi connectivity index (χ0n) is 16.9. The molecule has 0 radical (unpaired) electrons. The number of benzene rings is 1. The second kappa shape index (κ2) is 9.50. The van der Waals surface area contributed by atoms with Gasteiger partial charge in [-0.3, -0.25) is 4.79 Å². The largest absolute Gasteiger partial charge is 0.378 e. The van der Waals surface area contributed by atoms with Crippen molar-refractivity contribution in [3.8, 4) is 0 Å². The van der Waals surface area contributed by atoms with E-state index in [0.29, 0.717) is 0 Å². The van der Waals surface area contributed by atoms with Gasteiger partial charge in [0.1, 0.15) is 17.5 Å². The molecule has 1 aromatic heterocycles. The van der Waals surface area contributed by atoms with Crippen LogP contribution in [0.2, 0.25) is 0 Å². The molecule has 0 aliphatic carbocycles. The van der Waals surface area contributed by atoms with Gasteiger partial charge in [0, 0.05) is 36.4 Å². The molecular formula is C21H29N5O2. The Labute approximate surface area is 166 Å². The van der Waals surface area contributed by atoms with Crippen molar-refractivity contribution in [2.24, 2.45) is 5.92 Å². The van der Waals surface area contributed by atoms with Gasteiger partial charge in [-0.1, -0.05) is 13.8 Å². The van der Waals surface area contributed by atoms with E-state index in [1.165, 1.54) is 0 Å². The molecule has 2 heterocycles. The van der Waals surface area contributed by atoms with Gasteiger partial charge >= 0.3 is 0 Å². The quantitative estimate of drug-likeness (QED) is 0.758. The highest BCUT2D eigenvalue weighted by Gasteiger charge is 2.15. The first-order valence-electron chi connectivity index (χ1n) is 9.95. The molecule has 7 heteroatoms. The number of anilines is 4. The Balaban J connectivity index is 1.67. The molecule has 1 amide bonds. The number of hydrogen-bond donors (Lipinski definition) is 2. The van der Waals surface area contributed by atoms with Crippen molar-refractivity contribution in [1.29, 1.82) is 0 Å². The number of nitrogens with one attached hydrogen (secondary N) is 2. The number of rotatable bonds is 7. The number of nitrogens with zero attached hydrogens (tertiary/aromatic N) is 3.